The van der Waals surface area contributed by atoms with Crippen LogP contribution >= 0.6 is 0 Å². The fourth-order valence-electron chi connectivity index (χ4n) is 2.87. The predicted molar refractivity (Wildman–Crippen MR) is 93.9 cm³/mol. The number of aromatic nitrogens is 2. The topological polar surface area (TPSA) is 55.0 Å². The van der Waals surface area contributed by atoms with Crippen LogP contribution in [-0.2, 0) is 4.74 Å². The largest absolute Gasteiger partial charge is 0.453 e. The number of hydrogen-bond acceptors (Lipinski definition) is 3. The van der Waals surface area contributed by atoms with Crippen molar-refractivity contribution in [3.05, 3.63) is 78.1 Å². The van der Waals surface area contributed by atoms with Crippen LogP contribution in [0, 0.1) is 0 Å². The van der Waals surface area contributed by atoms with Gasteiger partial charge in [-0.3, -0.25) is 0 Å². The van der Waals surface area contributed by atoms with Gasteiger partial charge in [-0.15, -0.1) is 0 Å². The molecule has 0 saturated carbocycles. The Kier molecular flexibility index (Phi) is 3.50. The highest BCUT2D eigenvalue weighted by Gasteiger charge is 2.16. The molecule has 0 spiro atoms. The molecule has 2 heterocycles. The molecule has 1 N–H and O–H groups in total. The van der Waals surface area contributed by atoms with Gasteiger partial charge in [-0.25, -0.2) is 9.78 Å². The van der Waals surface area contributed by atoms with Gasteiger partial charge in [-0.05, 0) is 24.6 Å². The van der Waals surface area contributed by atoms with Gasteiger partial charge in [0, 0.05) is 16.3 Å². The quantitative estimate of drug-likeness (QED) is 0.560. The monoisotopic (exact) mass is 316 g/mol. The zero-order valence-electron chi connectivity index (χ0n) is 13.2. The Morgan fingerprint density at radius 1 is 1.00 bits per heavy atom. The Morgan fingerprint density at radius 3 is 2.58 bits per heavy atom. The van der Waals surface area contributed by atoms with Crippen molar-refractivity contribution < 1.29 is 9.53 Å². The average Bonchev–Trinajstić information content (AvgIpc) is 3.00. The van der Waals surface area contributed by atoms with Gasteiger partial charge in [0.15, 0.2) is 0 Å². The van der Waals surface area contributed by atoms with Crippen LogP contribution in [0.15, 0.2) is 66.9 Å². The lowest BCUT2D eigenvalue weighted by Crippen LogP contribution is -2.10. The number of benzene rings is 2. The summed E-state index contributed by atoms with van der Waals surface area (Å²) in [6, 6.07) is 19.4. The van der Waals surface area contributed by atoms with Crippen LogP contribution in [0.3, 0.4) is 0 Å². The number of para-hydroxylation sites is 1. The number of H-pyrrole nitrogens is 1. The zero-order valence-corrected chi connectivity index (χ0v) is 13.2. The number of ether oxygens (including phenoxy) is 1. The van der Waals surface area contributed by atoms with Crippen LogP contribution in [0.25, 0.3) is 21.8 Å². The lowest BCUT2D eigenvalue weighted by Gasteiger charge is -2.13. The standard InChI is InChI=1S/C20H16N2O2/c1-13(14-7-3-2-4-8-14)24-20(23)18-11-16-15-9-5-6-10-17(15)22-19(16)12-21-18/h2-13,22H,1H3. The molecule has 24 heavy (non-hydrogen) atoms. The van der Waals surface area contributed by atoms with Crippen molar-refractivity contribution in [1.29, 1.82) is 0 Å². The fourth-order valence-corrected chi connectivity index (χ4v) is 2.87. The zero-order chi connectivity index (χ0) is 16.5. The number of nitrogens with zero attached hydrogens (tertiary/aromatic N) is 1. The average molecular weight is 316 g/mol. The summed E-state index contributed by atoms with van der Waals surface area (Å²) in [5, 5.41) is 2.04. The minimum atomic E-state index is -0.418. The lowest BCUT2D eigenvalue weighted by atomic mass is 10.1. The van der Waals surface area contributed by atoms with Gasteiger partial charge in [-0.1, -0.05) is 48.5 Å². The van der Waals surface area contributed by atoms with Crippen LogP contribution < -0.4 is 0 Å². The maximum atomic E-state index is 12.4. The number of aromatic amines is 1. The second-order valence-corrected chi connectivity index (χ2v) is 5.74. The molecule has 4 rings (SSSR count). The Morgan fingerprint density at radius 2 is 1.75 bits per heavy atom. The number of fused-ring (bicyclic) bond motifs is 3. The third-order valence-corrected chi connectivity index (χ3v) is 4.15. The summed E-state index contributed by atoms with van der Waals surface area (Å²) in [6.07, 6.45) is 1.36. The second-order valence-electron chi connectivity index (χ2n) is 5.74. The maximum Gasteiger partial charge on any atom is 0.357 e. The van der Waals surface area contributed by atoms with Crippen molar-refractivity contribution in [2.45, 2.75) is 13.0 Å². The molecule has 1 unspecified atom stereocenters. The first kappa shape index (κ1) is 14.5. The van der Waals surface area contributed by atoms with Gasteiger partial charge in [0.05, 0.1) is 11.7 Å². The molecule has 0 radical (unpaired) electrons. The van der Waals surface area contributed by atoms with Crippen LogP contribution in [0.1, 0.15) is 29.1 Å². The number of hydrogen-bond donors (Lipinski definition) is 1. The Hall–Kier alpha value is -3.14. The summed E-state index contributed by atoms with van der Waals surface area (Å²) >= 11 is 0. The number of rotatable bonds is 3. The van der Waals surface area contributed by atoms with E-state index in [-0.39, 0.29) is 6.10 Å². The number of carbonyl (C=O) groups excluding carboxylic acids is 1. The van der Waals surface area contributed by atoms with Crippen molar-refractivity contribution in [3.8, 4) is 0 Å². The van der Waals surface area contributed by atoms with Crippen molar-refractivity contribution in [3.63, 3.8) is 0 Å². The molecule has 4 nitrogen and oxygen atoms in total. The van der Waals surface area contributed by atoms with E-state index in [0.29, 0.717) is 5.69 Å². The molecule has 4 aromatic rings. The smallest absolute Gasteiger partial charge is 0.357 e. The van der Waals surface area contributed by atoms with E-state index in [4.69, 9.17) is 4.74 Å². The highest BCUT2D eigenvalue weighted by Crippen LogP contribution is 2.26. The summed E-state index contributed by atoms with van der Waals surface area (Å²) in [5.74, 6) is -0.418. The minimum Gasteiger partial charge on any atom is -0.453 e. The van der Waals surface area contributed by atoms with Gasteiger partial charge in [0.1, 0.15) is 11.8 Å². The molecule has 0 saturated heterocycles. The van der Waals surface area contributed by atoms with Crippen LogP contribution in [0.5, 0.6) is 0 Å². The molecule has 4 heteroatoms. The SMILES string of the molecule is CC(OC(=O)c1cc2c(cn1)[nH]c1ccccc12)c1ccccc1. The van der Waals surface area contributed by atoms with Crippen molar-refractivity contribution in [1.82, 2.24) is 9.97 Å². The Labute approximate surface area is 139 Å². The highest BCUT2D eigenvalue weighted by atomic mass is 16.5. The van der Waals surface area contributed by atoms with Gasteiger partial charge < -0.3 is 9.72 Å². The van der Waals surface area contributed by atoms with Gasteiger partial charge in [0.2, 0.25) is 0 Å². The molecule has 2 aromatic heterocycles. The first-order chi connectivity index (χ1) is 11.7. The third kappa shape index (κ3) is 2.52. The van der Waals surface area contributed by atoms with E-state index in [1.807, 2.05) is 61.5 Å². The van der Waals surface area contributed by atoms with Crippen molar-refractivity contribution in [2.75, 3.05) is 0 Å². The predicted octanol–water partition coefficient (Wildman–Crippen LogP) is 4.63. The molecule has 0 aliphatic rings. The molecule has 0 bridgehead atoms. The number of esters is 1. The molecule has 118 valence electrons. The molecule has 0 fully saturated rings. The maximum absolute atomic E-state index is 12.4. The Balaban J connectivity index is 1.66. The summed E-state index contributed by atoms with van der Waals surface area (Å²) in [7, 11) is 0. The minimum absolute atomic E-state index is 0.315. The van der Waals surface area contributed by atoms with E-state index >= 15 is 0 Å². The van der Waals surface area contributed by atoms with Crippen LogP contribution in [0.2, 0.25) is 0 Å². The lowest BCUT2D eigenvalue weighted by molar-refractivity contribution is 0.0331. The highest BCUT2D eigenvalue weighted by molar-refractivity contribution is 6.08. The summed E-state index contributed by atoms with van der Waals surface area (Å²) in [6.45, 7) is 1.86. The van der Waals surface area contributed by atoms with E-state index in [9.17, 15) is 4.79 Å². The van der Waals surface area contributed by atoms with E-state index in [1.165, 1.54) is 0 Å². The fraction of sp³-hybridized carbons (Fsp3) is 0.100. The molecular formula is C20H16N2O2. The van der Waals surface area contributed by atoms with Crippen molar-refractivity contribution >= 4 is 27.8 Å². The normalized spacial score (nSPS) is 12.4. The van der Waals surface area contributed by atoms with Gasteiger partial charge in [-0.2, -0.15) is 0 Å². The molecule has 0 amide bonds. The van der Waals surface area contributed by atoms with Gasteiger partial charge in [0.25, 0.3) is 0 Å². The number of nitrogens with one attached hydrogen (secondary N) is 1. The molecule has 2 aromatic carbocycles. The van der Waals surface area contributed by atoms with Crippen LogP contribution in [-0.4, -0.2) is 15.9 Å². The third-order valence-electron chi connectivity index (χ3n) is 4.15. The van der Waals surface area contributed by atoms with E-state index in [2.05, 4.69) is 9.97 Å². The molecular weight excluding hydrogens is 300 g/mol. The van der Waals surface area contributed by atoms with E-state index < -0.39 is 5.97 Å². The summed E-state index contributed by atoms with van der Waals surface area (Å²) in [4.78, 5) is 20.0. The molecule has 0 aliphatic heterocycles. The van der Waals surface area contributed by atoms with E-state index in [1.54, 1.807) is 12.3 Å². The first-order valence-corrected chi connectivity index (χ1v) is 7.85. The number of pyridine rings is 1. The molecule has 0 aliphatic carbocycles. The summed E-state index contributed by atoms with van der Waals surface area (Å²) in [5.41, 5.74) is 3.20. The van der Waals surface area contributed by atoms with Crippen molar-refractivity contribution in [2.24, 2.45) is 0 Å². The van der Waals surface area contributed by atoms with Crippen LogP contribution in [0.4, 0.5) is 0 Å². The Bertz CT molecular complexity index is 1020. The second kappa shape index (κ2) is 5.81. The van der Waals surface area contributed by atoms with Gasteiger partial charge >= 0.3 is 5.97 Å². The molecule has 1 atom stereocenters. The number of carbonyl (C=O) groups is 1. The first-order valence-electron chi connectivity index (χ1n) is 7.85. The van der Waals surface area contributed by atoms with E-state index in [0.717, 1.165) is 27.4 Å². The summed E-state index contributed by atoms with van der Waals surface area (Å²) < 4.78 is 5.55.